The monoisotopic (exact) mass is 324 g/mol. The van der Waals surface area contributed by atoms with E-state index < -0.39 is 5.54 Å². The highest BCUT2D eigenvalue weighted by molar-refractivity contribution is 7.99. The second kappa shape index (κ2) is 9.06. The van der Waals surface area contributed by atoms with Crippen molar-refractivity contribution in [2.75, 3.05) is 19.4 Å². The van der Waals surface area contributed by atoms with Crippen LogP contribution in [0.3, 0.4) is 0 Å². The summed E-state index contributed by atoms with van der Waals surface area (Å²) < 4.78 is 5.34. The predicted octanol–water partition coefficient (Wildman–Crippen LogP) is 3.06. The highest BCUT2D eigenvalue weighted by Gasteiger charge is 2.26. The SMILES string of the molecule is CCCC(C)(N)C(=O)NCC(C)CSc1ccccc1OC. The van der Waals surface area contributed by atoms with Crippen LogP contribution in [0.1, 0.15) is 33.6 Å². The Balaban J connectivity index is 2.41. The van der Waals surface area contributed by atoms with Gasteiger partial charge in [0, 0.05) is 17.2 Å². The molecular formula is C17H28N2O2S. The van der Waals surface area contributed by atoms with E-state index in [1.807, 2.05) is 31.2 Å². The number of benzene rings is 1. The van der Waals surface area contributed by atoms with Crippen LogP contribution in [0, 0.1) is 5.92 Å². The first kappa shape index (κ1) is 18.8. The smallest absolute Gasteiger partial charge is 0.239 e. The summed E-state index contributed by atoms with van der Waals surface area (Å²) in [4.78, 5) is 13.2. The van der Waals surface area contributed by atoms with E-state index in [0.717, 1.165) is 22.8 Å². The predicted molar refractivity (Wildman–Crippen MR) is 93.4 cm³/mol. The van der Waals surface area contributed by atoms with Gasteiger partial charge >= 0.3 is 0 Å². The normalized spacial score (nSPS) is 15.0. The lowest BCUT2D eigenvalue weighted by atomic mass is 9.96. The molecule has 0 radical (unpaired) electrons. The number of hydrogen-bond donors (Lipinski definition) is 2. The van der Waals surface area contributed by atoms with Crippen LogP contribution in [-0.4, -0.2) is 30.9 Å². The second-order valence-electron chi connectivity index (χ2n) is 5.94. The Morgan fingerprint density at radius 1 is 1.45 bits per heavy atom. The van der Waals surface area contributed by atoms with Gasteiger partial charge in [0.1, 0.15) is 5.75 Å². The molecule has 0 aliphatic heterocycles. The Labute approximate surface area is 138 Å². The second-order valence-corrected chi connectivity index (χ2v) is 7.01. The molecule has 0 saturated carbocycles. The summed E-state index contributed by atoms with van der Waals surface area (Å²) in [7, 11) is 1.68. The van der Waals surface area contributed by atoms with Crippen molar-refractivity contribution in [3.8, 4) is 5.75 Å². The van der Waals surface area contributed by atoms with Crippen molar-refractivity contribution < 1.29 is 9.53 Å². The zero-order valence-corrected chi connectivity index (χ0v) is 14.8. The number of ether oxygens (including phenoxy) is 1. The quantitative estimate of drug-likeness (QED) is 0.685. The number of methoxy groups -OCH3 is 1. The van der Waals surface area contributed by atoms with Crippen LogP contribution >= 0.6 is 11.8 Å². The van der Waals surface area contributed by atoms with Crippen molar-refractivity contribution in [2.45, 2.75) is 44.0 Å². The van der Waals surface area contributed by atoms with Crippen LogP contribution in [0.15, 0.2) is 29.2 Å². The highest BCUT2D eigenvalue weighted by atomic mass is 32.2. The first-order chi connectivity index (χ1) is 10.4. The standard InChI is InChI=1S/C17H28N2O2S/c1-5-10-17(3,18)16(20)19-11-13(2)12-22-15-9-7-6-8-14(15)21-4/h6-9,13H,5,10-12,18H2,1-4H3,(H,19,20). The summed E-state index contributed by atoms with van der Waals surface area (Å²) in [5, 5.41) is 2.96. The van der Waals surface area contributed by atoms with Crippen molar-refractivity contribution in [1.82, 2.24) is 5.32 Å². The molecule has 1 amide bonds. The lowest BCUT2D eigenvalue weighted by molar-refractivity contribution is -0.126. The number of para-hydroxylation sites is 1. The summed E-state index contributed by atoms with van der Waals surface area (Å²) in [6.07, 6.45) is 1.60. The van der Waals surface area contributed by atoms with E-state index in [0.29, 0.717) is 18.9 Å². The topological polar surface area (TPSA) is 64.4 Å². The van der Waals surface area contributed by atoms with Gasteiger partial charge in [0.05, 0.1) is 12.6 Å². The molecule has 0 aliphatic rings. The molecule has 1 aromatic carbocycles. The van der Waals surface area contributed by atoms with E-state index in [-0.39, 0.29) is 5.91 Å². The summed E-state index contributed by atoms with van der Waals surface area (Å²) >= 11 is 1.74. The molecule has 0 aromatic heterocycles. The maximum absolute atomic E-state index is 12.1. The van der Waals surface area contributed by atoms with Crippen molar-refractivity contribution >= 4 is 17.7 Å². The Kier molecular flexibility index (Phi) is 7.76. The molecular weight excluding hydrogens is 296 g/mol. The molecule has 2 atom stereocenters. The van der Waals surface area contributed by atoms with Crippen LogP contribution in [0.25, 0.3) is 0 Å². The fourth-order valence-electron chi connectivity index (χ4n) is 2.13. The summed E-state index contributed by atoms with van der Waals surface area (Å²) in [5.41, 5.74) is 5.25. The van der Waals surface area contributed by atoms with Crippen LogP contribution in [0.4, 0.5) is 0 Å². The van der Waals surface area contributed by atoms with Gasteiger partial charge in [-0.15, -0.1) is 11.8 Å². The summed E-state index contributed by atoms with van der Waals surface area (Å²) in [6, 6.07) is 7.97. The maximum atomic E-state index is 12.1. The van der Waals surface area contributed by atoms with Gasteiger partial charge in [-0.1, -0.05) is 32.4 Å². The molecule has 0 saturated heterocycles. The van der Waals surface area contributed by atoms with Crippen LogP contribution in [-0.2, 0) is 4.79 Å². The number of nitrogens with two attached hydrogens (primary N) is 1. The van der Waals surface area contributed by atoms with Gasteiger partial charge in [-0.25, -0.2) is 0 Å². The third kappa shape index (κ3) is 5.89. The van der Waals surface area contributed by atoms with Gasteiger partial charge in [-0.3, -0.25) is 4.79 Å². The average Bonchev–Trinajstić information content (AvgIpc) is 2.50. The molecule has 2 unspecified atom stereocenters. The number of hydrogen-bond acceptors (Lipinski definition) is 4. The third-order valence-electron chi connectivity index (χ3n) is 3.49. The number of carbonyl (C=O) groups excluding carboxylic acids is 1. The molecule has 5 heteroatoms. The number of carbonyl (C=O) groups is 1. The molecule has 0 bridgehead atoms. The first-order valence-electron chi connectivity index (χ1n) is 7.73. The number of rotatable bonds is 9. The molecule has 0 aliphatic carbocycles. The van der Waals surface area contributed by atoms with Gasteiger partial charge in [-0.2, -0.15) is 0 Å². The van der Waals surface area contributed by atoms with E-state index in [1.54, 1.807) is 25.8 Å². The molecule has 1 rings (SSSR count). The first-order valence-corrected chi connectivity index (χ1v) is 8.72. The third-order valence-corrected chi connectivity index (χ3v) is 4.88. The zero-order chi connectivity index (χ0) is 16.6. The Morgan fingerprint density at radius 2 is 2.14 bits per heavy atom. The molecule has 0 heterocycles. The van der Waals surface area contributed by atoms with Crippen molar-refractivity contribution in [3.63, 3.8) is 0 Å². The number of thioether (sulfide) groups is 1. The molecule has 124 valence electrons. The van der Waals surface area contributed by atoms with Crippen LogP contribution in [0.2, 0.25) is 0 Å². The van der Waals surface area contributed by atoms with Gasteiger partial charge in [-0.05, 0) is 31.4 Å². The molecule has 3 N–H and O–H groups in total. The minimum Gasteiger partial charge on any atom is -0.496 e. The summed E-state index contributed by atoms with van der Waals surface area (Å²) in [6.45, 7) is 6.58. The molecule has 1 aromatic rings. The Bertz CT molecular complexity index is 477. The fourth-order valence-corrected chi connectivity index (χ4v) is 3.18. The van der Waals surface area contributed by atoms with Crippen LogP contribution < -0.4 is 15.8 Å². The van der Waals surface area contributed by atoms with E-state index in [1.165, 1.54) is 0 Å². The van der Waals surface area contributed by atoms with E-state index in [2.05, 4.69) is 12.2 Å². The largest absolute Gasteiger partial charge is 0.496 e. The lowest BCUT2D eigenvalue weighted by Gasteiger charge is -2.24. The number of nitrogens with one attached hydrogen (secondary N) is 1. The summed E-state index contributed by atoms with van der Waals surface area (Å²) in [5.74, 6) is 2.09. The van der Waals surface area contributed by atoms with Gasteiger partial charge in [0.15, 0.2) is 0 Å². The Hall–Kier alpha value is -1.20. The zero-order valence-electron chi connectivity index (χ0n) is 14.0. The average molecular weight is 324 g/mol. The van der Waals surface area contributed by atoms with Gasteiger partial charge < -0.3 is 15.8 Å². The number of amides is 1. The van der Waals surface area contributed by atoms with Crippen molar-refractivity contribution in [3.05, 3.63) is 24.3 Å². The maximum Gasteiger partial charge on any atom is 0.239 e. The highest BCUT2D eigenvalue weighted by Crippen LogP contribution is 2.29. The van der Waals surface area contributed by atoms with Gasteiger partial charge in [0.2, 0.25) is 5.91 Å². The molecule has 22 heavy (non-hydrogen) atoms. The van der Waals surface area contributed by atoms with Gasteiger partial charge in [0.25, 0.3) is 0 Å². The van der Waals surface area contributed by atoms with E-state index in [9.17, 15) is 4.79 Å². The minimum absolute atomic E-state index is 0.0662. The minimum atomic E-state index is -0.774. The van der Waals surface area contributed by atoms with E-state index in [4.69, 9.17) is 10.5 Å². The van der Waals surface area contributed by atoms with Crippen molar-refractivity contribution in [1.29, 1.82) is 0 Å². The Morgan fingerprint density at radius 3 is 2.77 bits per heavy atom. The van der Waals surface area contributed by atoms with E-state index >= 15 is 0 Å². The molecule has 4 nitrogen and oxygen atoms in total. The fraction of sp³-hybridized carbons (Fsp3) is 0.588. The molecule has 0 fully saturated rings. The van der Waals surface area contributed by atoms with Crippen molar-refractivity contribution in [2.24, 2.45) is 11.7 Å². The van der Waals surface area contributed by atoms with Crippen LogP contribution in [0.5, 0.6) is 5.75 Å². The lowest BCUT2D eigenvalue weighted by Crippen LogP contribution is -2.52. The molecule has 0 spiro atoms.